The summed E-state index contributed by atoms with van der Waals surface area (Å²) in [6, 6.07) is 14.1. The number of nitrogens with one attached hydrogen (secondary N) is 1. The number of aromatic nitrogens is 1. The first-order chi connectivity index (χ1) is 11.6. The van der Waals surface area contributed by atoms with Crippen molar-refractivity contribution in [2.45, 2.75) is 0 Å². The van der Waals surface area contributed by atoms with Crippen molar-refractivity contribution in [2.75, 3.05) is 13.2 Å². The third kappa shape index (κ3) is 3.43. The van der Waals surface area contributed by atoms with Crippen LogP contribution in [0.1, 0.15) is 10.4 Å². The number of halogens is 1. The number of hydrogen-bond acceptors (Lipinski definition) is 4. The molecule has 0 saturated heterocycles. The molecule has 0 fully saturated rings. The lowest BCUT2D eigenvalue weighted by atomic mass is 10.1. The van der Waals surface area contributed by atoms with Crippen molar-refractivity contribution in [2.24, 2.45) is 0 Å². The van der Waals surface area contributed by atoms with Crippen molar-refractivity contribution in [3.05, 3.63) is 76.3 Å². The fraction of sp³-hybridized carbons (Fsp3) is 0.111. The maximum Gasteiger partial charge on any atom is 0.339 e. The normalized spacial score (nSPS) is 10.5. The monoisotopic (exact) mass is 327 g/mol. The third-order valence-electron chi connectivity index (χ3n) is 3.38. The SMILES string of the molecule is O=C(OCCOc1ccccc1F)c1cc(=O)[nH]c2ccccc12. The molecule has 0 aliphatic carbocycles. The lowest BCUT2D eigenvalue weighted by molar-refractivity contribution is 0.0450. The summed E-state index contributed by atoms with van der Waals surface area (Å²) in [5.41, 5.74) is 0.350. The first-order valence-corrected chi connectivity index (χ1v) is 7.31. The second-order valence-corrected chi connectivity index (χ2v) is 5.01. The van der Waals surface area contributed by atoms with Gasteiger partial charge in [-0.05, 0) is 18.2 Å². The molecule has 0 aliphatic rings. The molecule has 3 aromatic rings. The van der Waals surface area contributed by atoms with E-state index in [4.69, 9.17) is 9.47 Å². The highest BCUT2D eigenvalue weighted by molar-refractivity contribution is 6.03. The topological polar surface area (TPSA) is 68.4 Å². The lowest BCUT2D eigenvalue weighted by Crippen LogP contribution is -2.16. The Bertz CT molecular complexity index is 935. The van der Waals surface area contributed by atoms with Gasteiger partial charge in [-0.3, -0.25) is 4.79 Å². The van der Waals surface area contributed by atoms with E-state index in [9.17, 15) is 14.0 Å². The minimum Gasteiger partial charge on any atom is -0.487 e. The maximum atomic E-state index is 13.4. The number of benzene rings is 2. The van der Waals surface area contributed by atoms with Crippen LogP contribution in [0.25, 0.3) is 10.9 Å². The first kappa shape index (κ1) is 15.7. The summed E-state index contributed by atoms with van der Waals surface area (Å²) in [6.07, 6.45) is 0. The Morgan fingerprint density at radius 3 is 2.62 bits per heavy atom. The second kappa shape index (κ2) is 6.95. The van der Waals surface area contributed by atoms with Gasteiger partial charge in [-0.25, -0.2) is 9.18 Å². The van der Waals surface area contributed by atoms with Crippen LogP contribution < -0.4 is 10.3 Å². The van der Waals surface area contributed by atoms with E-state index in [-0.39, 0.29) is 30.1 Å². The smallest absolute Gasteiger partial charge is 0.339 e. The van der Waals surface area contributed by atoms with E-state index in [1.165, 1.54) is 18.2 Å². The summed E-state index contributed by atoms with van der Waals surface area (Å²) in [7, 11) is 0. The number of aromatic amines is 1. The van der Waals surface area contributed by atoms with E-state index < -0.39 is 11.8 Å². The molecule has 0 bridgehead atoms. The number of fused-ring (bicyclic) bond motifs is 1. The van der Waals surface area contributed by atoms with Gasteiger partial charge in [0, 0.05) is 17.0 Å². The van der Waals surface area contributed by atoms with Crippen molar-refractivity contribution in [1.82, 2.24) is 4.98 Å². The van der Waals surface area contributed by atoms with Crippen LogP contribution in [0, 0.1) is 5.82 Å². The highest BCUT2D eigenvalue weighted by atomic mass is 19.1. The number of carbonyl (C=O) groups is 1. The van der Waals surface area contributed by atoms with E-state index in [0.29, 0.717) is 10.9 Å². The van der Waals surface area contributed by atoms with Crippen molar-refractivity contribution in [1.29, 1.82) is 0 Å². The Morgan fingerprint density at radius 2 is 1.79 bits per heavy atom. The molecule has 2 aromatic carbocycles. The Hall–Kier alpha value is -3.15. The van der Waals surface area contributed by atoms with Gasteiger partial charge in [-0.1, -0.05) is 30.3 Å². The number of pyridine rings is 1. The van der Waals surface area contributed by atoms with Gasteiger partial charge in [0.15, 0.2) is 11.6 Å². The Morgan fingerprint density at radius 1 is 1.04 bits per heavy atom. The predicted molar refractivity (Wildman–Crippen MR) is 86.7 cm³/mol. The van der Waals surface area contributed by atoms with Gasteiger partial charge in [0.25, 0.3) is 0 Å². The second-order valence-electron chi connectivity index (χ2n) is 5.01. The molecule has 0 aliphatic heterocycles. The van der Waals surface area contributed by atoms with E-state index >= 15 is 0 Å². The largest absolute Gasteiger partial charge is 0.487 e. The molecular formula is C18H14FNO4. The molecule has 1 N–H and O–H groups in total. The molecule has 1 aromatic heterocycles. The molecule has 0 unspecified atom stereocenters. The highest BCUT2D eigenvalue weighted by Crippen LogP contribution is 2.16. The summed E-state index contributed by atoms with van der Waals surface area (Å²) in [5, 5.41) is 0.595. The predicted octanol–water partition coefficient (Wildman–Crippen LogP) is 2.90. The molecule has 0 spiro atoms. The highest BCUT2D eigenvalue weighted by Gasteiger charge is 2.13. The summed E-state index contributed by atoms with van der Waals surface area (Å²) >= 11 is 0. The average Bonchev–Trinajstić information content (AvgIpc) is 2.59. The quantitative estimate of drug-likeness (QED) is 0.578. The third-order valence-corrected chi connectivity index (χ3v) is 3.38. The minimum absolute atomic E-state index is 0.00773. The molecule has 6 heteroatoms. The van der Waals surface area contributed by atoms with Gasteiger partial charge in [-0.15, -0.1) is 0 Å². The van der Waals surface area contributed by atoms with Gasteiger partial charge in [0.2, 0.25) is 5.56 Å². The minimum atomic E-state index is -0.630. The molecule has 3 rings (SSSR count). The fourth-order valence-corrected chi connectivity index (χ4v) is 2.30. The number of carbonyl (C=O) groups excluding carboxylic acids is 1. The van der Waals surface area contributed by atoms with Crippen LogP contribution in [0.15, 0.2) is 59.4 Å². The van der Waals surface area contributed by atoms with E-state index in [0.717, 1.165) is 0 Å². The van der Waals surface area contributed by atoms with Gasteiger partial charge in [-0.2, -0.15) is 0 Å². The van der Waals surface area contributed by atoms with Gasteiger partial charge < -0.3 is 14.5 Å². The van der Waals surface area contributed by atoms with Crippen LogP contribution in [-0.4, -0.2) is 24.2 Å². The summed E-state index contributed by atoms with van der Waals surface area (Å²) in [6.45, 7) is -0.0535. The number of para-hydroxylation sites is 2. The molecule has 1 heterocycles. The van der Waals surface area contributed by atoms with Crippen molar-refractivity contribution in [3.63, 3.8) is 0 Å². The summed E-state index contributed by atoms with van der Waals surface area (Å²) < 4.78 is 23.7. The van der Waals surface area contributed by atoms with Gasteiger partial charge in [0.1, 0.15) is 13.2 Å². The van der Waals surface area contributed by atoms with E-state index in [1.807, 2.05) is 0 Å². The van der Waals surface area contributed by atoms with Gasteiger partial charge >= 0.3 is 5.97 Å². The molecule has 0 amide bonds. The Kier molecular flexibility index (Phi) is 4.56. The number of hydrogen-bond donors (Lipinski definition) is 1. The molecule has 5 nitrogen and oxygen atoms in total. The zero-order chi connectivity index (χ0) is 16.9. The van der Waals surface area contributed by atoms with Crippen molar-refractivity contribution < 1.29 is 18.7 Å². The van der Waals surface area contributed by atoms with E-state index in [2.05, 4.69) is 4.98 Å². The number of rotatable bonds is 5. The van der Waals surface area contributed by atoms with Crippen LogP contribution in [0.5, 0.6) is 5.75 Å². The van der Waals surface area contributed by atoms with Gasteiger partial charge in [0.05, 0.1) is 5.56 Å². The fourth-order valence-electron chi connectivity index (χ4n) is 2.30. The average molecular weight is 327 g/mol. The molecule has 0 saturated carbocycles. The molecule has 0 radical (unpaired) electrons. The van der Waals surface area contributed by atoms with E-state index in [1.54, 1.807) is 36.4 Å². The standard InChI is InChI=1S/C18H14FNO4/c19-14-6-2-4-8-16(14)23-9-10-24-18(22)13-11-17(21)20-15-7-3-1-5-12(13)15/h1-8,11H,9-10H2,(H,20,21). The van der Waals surface area contributed by atoms with Crippen LogP contribution in [-0.2, 0) is 4.74 Å². The van der Waals surface area contributed by atoms with Crippen LogP contribution >= 0.6 is 0 Å². The van der Waals surface area contributed by atoms with Crippen molar-refractivity contribution >= 4 is 16.9 Å². The zero-order valence-corrected chi connectivity index (χ0v) is 12.6. The Balaban J connectivity index is 1.66. The summed E-state index contributed by atoms with van der Waals surface area (Å²) in [5.74, 6) is -1.02. The number of H-pyrrole nitrogens is 1. The van der Waals surface area contributed by atoms with Crippen LogP contribution in [0.2, 0.25) is 0 Å². The zero-order valence-electron chi connectivity index (χ0n) is 12.6. The maximum absolute atomic E-state index is 13.4. The number of esters is 1. The molecular weight excluding hydrogens is 313 g/mol. The van der Waals surface area contributed by atoms with Crippen LogP contribution in [0.4, 0.5) is 4.39 Å². The Labute approximate surface area is 136 Å². The first-order valence-electron chi connectivity index (χ1n) is 7.31. The molecule has 24 heavy (non-hydrogen) atoms. The molecule has 122 valence electrons. The summed E-state index contributed by atoms with van der Waals surface area (Å²) in [4.78, 5) is 26.5. The van der Waals surface area contributed by atoms with Crippen molar-refractivity contribution in [3.8, 4) is 5.75 Å². The lowest BCUT2D eigenvalue weighted by Gasteiger charge is -2.09. The number of ether oxygens (including phenoxy) is 2. The van der Waals surface area contributed by atoms with Crippen LogP contribution in [0.3, 0.4) is 0 Å². The molecule has 0 atom stereocenters.